The second-order valence-corrected chi connectivity index (χ2v) is 5.67. The number of aliphatic hydroxyl groups excluding tert-OH is 1. The smallest absolute Gasteiger partial charge is 0.225 e. The maximum atomic E-state index is 11.9. The lowest BCUT2D eigenvalue weighted by Gasteiger charge is -2.15. The molecule has 1 amide bonds. The molecule has 21 heavy (non-hydrogen) atoms. The van der Waals surface area contributed by atoms with Gasteiger partial charge in [-0.05, 0) is 38.2 Å². The molecule has 2 N–H and O–H groups in total. The third-order valence-electron chi connectivity index (χ3n) is 4.07. The zero-order chi connectivity index (χ0) is 15.1. The maximum Gasteiger partial charge on any atom is 0.225 e. The number of nitrogens with one attached hydrogen (secondary N) is 1. The van der Waals surface area contributed by atoms with Gasteiger partial charge >= 0.3 is 0 Å². The molecule has 3 atom stereocenters. The molecule has 1 fully saturated rings. The normalized spacial score (nSPS) is 23.0. The lowest BCUT2D eigenvalue weighted by molar-refractivity contribution is -0.127. The Kier molecular flexibility index (Phi) is 6.21. The van der Waals surface area contributed by atoms with E-state index in [4.69, 9.17) is 4.74 Å². The molecule has 0 radical (unpaired) electrons. The fraction of sp³-hybridized carbons (Fsp3) is 0.588. The Bertz CT molecular complexity index is 435. The fourth-order valence-electron chi connectivity index (χ4n) is 2.74. The molecule has 1 aliphatic rings. The molecule has 0 heterocycles. The molecule has 2 rings (SSSR count). The molecule has 3 unspecified atom stereocenters. The van der Waals surface area contributed by atoms with Gasteiger partial charge in [0.25, 0.3) is 0 Å². The second-order valence-electron chi connectivity index (χ2n) is 5.67. The van der Waals surface area contributed by atoms with Crippen molar-refractivity contribution in [2.75, 3.05) is 13.2 Å². The van der Waals surface area contributed by atoms with Crippen LogP contribution in [0.5, 0.6) is 0 Å². The highest BCUT2D eigenvalue weighted by molar-refractivity contribution is 5.79. The van der Waals surface area contributed by atoms with Crippen molar-refractivity contribution >= 4 is 5.91 Å². The Labute approximate surface area is 126 Å². The van der Waals surface area contributed by atoms with Crippen molar-refractivity contribution in [3.8, 4) is 0 Å². The SMILES string of the molecule is CC(OCCCNC(=O)C1CCCC1O)c1ccccc1. The number of hydrogen-bond acceptors (Lipinski definition) is 3. The zero-order valence-electron chi connectivity index (χ0n) is 12.6. The number of carbonyl (C=O) groups is 1. The molecule has 4 heteroatoms. The summed E-state index contributed by atoms with van der Waals surface area (Å²) in [6.45, 7) is 3.25. The van der Waals surface area contributed by atoms with Crippen LogP contribution in [0.2, 0.25) is 0 Å². The van der Waals surface area contributed by atoms with E-state index in [0.717, 1.165) is 31.2 Å². The number of amides is 1. The van der Waals surface area contributed by atoms with Crippen molar-refractivity contribution in [3.63, 3.8) is 0 Å². The first-order valence-corrected chi connectivity index (χ1v) is 7.81. The van der Waals surface area contributed by atoms with Gasteiger partial charge in [-0.2, -0.15) is 0 Å². The first kappa shape index (κ1) is 16.0. The van der Waals surface area contributed by atoms with Crippen molar-refractivity contribution < 1.29 is 14.6 Å². The lowest BCUT2D eigenvalue weighted by Crippen LogP contribution is -2.35. The molecule has 0 bridgehead atoms. The van der Waals surface area contributed by atoms with Crippen LogP contribution in [0.3, 0.4) is 0 Å². The molecule has 1 aromatic carbocycles. The topological polar surface area (TPSA) is 58.6 Å². The van der Waals surface area contributed by atoms with Crippen LogP contribution in [-0.4, -0.2) is 30.3 Å². The maximum absolute atomic E-state index is 11.9. The number of hydrogen-bond donors (Lipinski definition) is 2. The number of ether oxygens (including phenoxy) is 1. The highest BCUT2D eigenvalue weighted by Crippen LogP contribution is 2.25. The zero-order valence-corrected chi connectivity index (χ0v) is 12.6. The Morgan fingerprint density at radius 2 is 2.14 bits per heavy atom. The summed E-state index contributed by atoms with van der Waals surface area (Å²) in [6.07, 6.45) is 2.88. The van der Waals surface area contributed by atoms with E-state index in [2.05, 4.69) is 5.32 Å². The summed E-state index contributed by atoms with van der Waals surface area (Å²) in [5.41, 5.74) is 1.16. The first-order chi connectivity index (χ1) is 10.2. The van der Waals surface area contributed by atoms with Crippen molar-refractivity contribution in [3.05, 3.63) is 35.9 Å². The van der Waals surface area contributed by atoms with Gasteiger partial charge in [0.15, 0.2) is 0 Å². The van der Waals surface area contributed by atoms with E-state index in [1.807, 2.05) is 37.3 Å². The Morgan fingerprint density at radius 1 is 1.38 bits per heavy atom. The monoisotopic (exact) mass is 291 g/mol. The Hall–Kier alpha value is -1.39. The molecular formula is C17H25NO3. The van der Waals surface area contributed by atoms with Crippen LogP contribution in [-0.2, 0) is 9.53 Å². The van der Waals surface area contributed by atoms with Gasteiger partial charge in [0, 0.05) is 13.2 Å². The van der Waals surface area contributed by atoms with Crippen LogP contribution < -0.4 is 5.32 Å². The van der Waals surface area contributed by atoms with E-state index in [1.54, 1.807) is 0 Å². The van der Waals surface area contributed by atoms with Crippen molar-refractivity contribution in [1.29, 1.82) is 0 Å². The van der Waals surface area contributed by atoms with Crippen molar-refractivity contribution in [2.24, 2.45) is 5.92 Å². The van der Waals surface area contributed by atoms with E-state index >= 15 is 0 Å². The predicted molar refractivity (Wildman–Crippen MR) is 81.8 cm³/mol. The van der Waals surface area contributed by atoms with Gasteiger partial charge in [-0.3, -0.25) is 4.79 Å². The van der Waals surface area contributed by atoms with Crippen LogP contribution in [0.1, 0.15) is 44.3 Å². The molecule has 0 saturated heterocycles. The lowest BCUT2D eigenvalue weighted by atomic mass is 10.1. The summed E-state index contributed by atoms with van der Waals surface area (Å²) in [5.74, 6) is -0.231. The molecule has 1 aliphatic carbocycles. The van der Waals surface area contributed by atoms with Crippen molar-refractivity contribution in [1.82, 2.24) is 5.32 Å². The van der Waals surface area contributed by atoms with E-state index in [0.29, 0.717) is 13.2 Å². The largest absolute Gasteiger partial charge is 0.392 e. The van der Waals surface area contributed by atoms with E-state index in [1.165, 1.54) is 0 Å². The number of aliphatic hydroxyl groups is 1. The van der Waals surface area contributed by atoms with E-state index in [9.17, 15) is 9.90 Å². The molecular weight excluding hydrogens is 266 g/mol. The third kappa shape index (κ3) is 4.83. The van der Waals surface area contributed by atoms with E-state index < -0.39 is 6.10 Å². The molecule has 1 aromatic rings. The van der Waals surface area contributed by atoms with Crippen LogP contribution in [0.4, 0.5) is 0 Å². The summed E-state index contributed by atoms with van der Waals surface area (Å²) >= 11 is 0. The van der Waals surface area contributed by atoms with Crippen LogP contribution in [0.15, 0.2) is 30.3 Å². The van der Waals surface area contributed by atoms with Gasteiger partial charge in [0.1, 0.15) is 0 Å². The molecule has 0 aromatic heterocycles. The number of rotatable bonds is 7. The van der Waals surface area contributed by atoms with Gasteiger partial charge in [0.05, 0.1) is 18.1 Å². The Morgan fingerprint density at radius 3 is 2.81 bits per heavy atom. The molecule has 116 valence electrons. The van der Waals surface area contributed by atoms with Gasteiger partial charge in [-0.25, -0.2) is 0 Å². The van der Waals surface area contributed by atoms with Crippen LogP contribution >= 0.6 is 0 Å². The number of carbonyl (C=O) groups excluding carboxylic acids is 1. The van der Waals surface area contributed by atoms with Gasteiger partial charge in [0.2, 0.25) is 5.91 Å². The first-order valence-electron chi connectivity index (χ1n) is 7.81. The fourth-order valence-corrected chi connectivity index (χ4v) is 2.74. The predicted octanol–water partition coefficient (Wildman–Crippen LogP) is 2.43. The average molecular weight is 291 g/mol. The van der Waals surface area contributed by atoms with E-state index in [-0.39, 0.29) is 17.9 Å². The molecule has 0 aliphatic heterocycles. The van der Waals surface area contributed by atoms with Crippen LogP contribution in [0, 0.1) is 5.92 Å². The Balaban J connectivity index is 1.59. The summed E-state index contributed by atoms with van der Waals surface area (Å²) in [6, 6.07) is 10.1. The summed E-state index contributed by atoms with van der Waals surface area (Å²) in [5, 5.41) is 12.6. The highest BCUT2D eigenvalue weighted by atomic mass is 16.5. The van der Waals surface area contributed by atoms with Gasteiger partial charge in [-0.1, -0.05) is 30.3 Å². The second kappa shape index (κ2) is 8.15. The summed E-state index contributed by atoms with van der Waals surface area (Å²) in [4.78, 5) is 11.9. The summed E-state index contributed by atoms with van der Waals surface area (Å²) < 4.78 is 5.76. The average Bonchev–Trinajstić information content (AvgIpc) is 2.93. The van der Waals surface area contributed by atoms with Crippen molar-refractivity contribution in [2.45, 2.75) is 44.8 Å². The quantitative estimate of drug-likeness (QED) is 0.759. The molecule has 1 saturated carbocycles. The van der Waals surface area contributed by atoms with Gasteiger partial charge in [-0.15, -0.1) is 0 Å². The minimum Gasteiger partial charge on any atom is -0.392 e. The minimum atomic E-state index is -0.459. The number of benzene rings is 1. The third-order valence-corrected chi connectivity index (χ3v) is 4.07. The highest BCUT2D eigenvalue weighted by Gasteiger charge is 2.30. The summed E-state index contributed by atoms with van der Waals surface area (Å²) in [7, 11) is 0. The van der Waals surface area contributed by atoms with Gasteiger partial charge < -0.3 is 15.2 Å². The minimum absolute atomic E-state index is 0.0175. The van der Waals surface area contributed by atoms with Crippen LogP contribution in [0.25, 0.3) is 0 Å². The molecule has 4 nitrogen and oxygen atoms in total. The standard InChI is InChI=1S/C17H25NO3/c1-13(14-7-3-2-4-8-14)21-12-6-11-18-17(20)15-9-5-10-16(15)19/h2-4,7-8,13,15-16,19H,5-6,9-12H2,1H3,(H,18,20). The molecule has 0 spiro atoms.